The quantitative estimate of drug-likeness (QED) is 0.576. The summed E-state index contributed by atoms with van der Waals surface area (Å²) in [6.07, 6.45) is 0. The summed E-state index contributed by atoms with van der Waals surface area (Å²) in [5.74, 6) is 0. The van der Waals surface area contributed by atoms with E-state index < -0.39 is 11.1 Å². The summed E-state index contributed by atoms with van der Waals surface area (Å²) in [6.45, 7) is 0.139. The van der Waals surface area contributed by atoms with Gasteiger partial charge < -0.3 is 10.0 Å². The first-order valence-electron chi connectivity index (χ1n) is 6.32. The molecule has 1 N–H and O–H groups in total. The molecule has 0 aliphatic heterocycles. The van der Waals surface area contributed by atoms with Crippen molar-refractivity contribution in [3.63, 3.8) is 0 Å². The third-order valence-electron chi connectivity index (χ3n) is 3.09. The molecule has 0 radical (unpaired) electrons. The first-order chi connectivity index (χ1) is 10.2. The number of rotatable bonds is 3. The Morgan fingerprint density at radius 2 is 1.48 bits per heavy atom. The Hall–Kier alpha value is -3.02. The van der Waals surface area contributed by atoms with Gasteiger partial charge in [0.25, 0.3) is 0 Å². The maximum atomic E-state index is 12.0. The van der Waals surface area contributed by atoms with Crippen LogP contribution in [0.25, 0.3) is 11.0 Å². The SMILES string of the molecule is O=c1c(=O)n(OCc2ccccc2)c2ccccc2n1O. The lowest BCUT2D eigenvalue weighted by Gasteiger charge is -2.12. The molecular formula is C15H12N2O4. The van der Waals surface area contributed by atoms with Crippen molar-refractivity contribution in [1.29, 1.82) is 0 Å². The van der Waals surface area contributed by atoms with Crippen LogP contribution in [0.15, 0.2) is 64.2 Å². The van der Waals surface area contributed by atoms with Crippen molar-refractivity contribution in [2.24, 2.45) is 0 Å². The fraction of sp³-hybridized carbons (Fsp3) is 0.0667. The van der Waals surface area contributed by atoms with Crippen LogP contribution in [0, 0.1) is 0 Å². The van der Waals surface area contributed by atoms with Crippen LogP contribution in [-0.2, 0) is 6.61 Å². The predicted octanol–water partition coefficient (Wildman–Crippen LogP) is 1.03. The van der Waals surface area contributed by atoms with Crippen molar-refractivity contribution >= 4 is 11.0 Å². The number of fused-ring (bicyclic) bond motifs is 1. The number of nitrogens with zero attached hydrogens (tertiary/aromatic N) is 2. The molecule has 0 fully saturated rings. The van der Waals surface area contributed by atoms with Gasteiger partial charge in [-0.2, -0.15) is 0 Å². The van der Waals surface area contributed by atoms with Gasteiger partial charge in [-0.1, -0.05) is 42.5 Å². The largest absolute Gasteiger partial charge is 0.425 e. The van der Waals surface area contributed by atoms with Gasteiger partial charge in [0.2, 0.25) is 0 Å². The molecule has 0 saturated heterocycles. The van der Waals surface area contributed by atoms with Crippen molar-refractivity contribution in [2.75, 3.05) is 0 Å². The van der Waals surface area contributed by atoms with E-state index >= 15 is 0 Å². The second-order valence-corrected chi connectivity index (χ2v) is 4.46. The number of para-hydroxylation sites is 2. The molecule has 0 aliphatic carbocycles. The zero-order valence-electron chi connectivity index (χ0n) is 11.0. The highest BCUT2D eigenvalue weighted by atomic mass is 16.7. The third kappa shape index (κ3) is 2.27. The van der Waals surface area contributed by atoms with Gasteiger partial charge in [0.1, 0.15) is 17.6 Å². The van der Waals surface area contributed by atoms with E-state index in [1.165, 1.54) is 6.07 Å². The Labute approximate surface area is 119 Å². The summed E-state index contributed by atoms with van der Waals surface area (Å²) in [5.41, 5.74) is -0.605. The molecule has 2 aromatic carbocycles. The summed E-state index contributed by atoms with van der Waals surface area (Å²) in [6, 6.07) is 15.7. The van der Waals surface area contributed by atoms with Gasteiger partial charge in [0, 0.05) is 0 Å². The molecule has 0 saturated carbocycles. The van der Waals surface area contributed by atoms with Gasteiger partial charge in [-0.3, -0.25) is 9.59 Å². The van der Waals surface area contributed by atoms with Gasteiger partial charge >= 0.3 is 11.1 Å². The molecule has 0 bridgehead atoms. The monoisotopic (exact) mass is 284 g/mol. The maximum absolute atomic E-state index is 12.0. The van der Waals surface area contributed by atoms with Crippen LogP contribution in [0.2, 0.25) is 0 Å². The van der Waals surface area contributed by atoms with E-state index in [9.17, 15) is 14.8 Å². The minimum absolute atomic E-state index is 0.139. The molecule has 1 heterocycles. The lowest BCUT2D eigenvalue weighted by molar-refractivity contribution is 0.0919. The topological polar surface area (TPSA) is 73.5 Å². The van der Waals surface area contributed by atoms with Crippen molar-refractivity contribution in [2.45, 2.75) is 6.61 Å². The predicted molar refractivity (Wildman–Crippen MR) is 76.4 cm³/mol. The van der Waals surface area contributed by atoms with E-state index in [-0.39, 0.29) is 12.1 Å². The lowest BCUT2D eigenvalue weighted by atomic mass is 10.2. The van der Waals surface area contributed by atoms with E-state index in [0.29, 0.717) is 10.2 Å². The van der Waals surface area contributed by atoms with Crippen molar-refractivity contribution in [1.82, 2.24) is 9.46 Å². The first-order valence-corrected chi connectivity index (χ1v) is 6.32. The Kier molecular flexibility index (Phi) is 3.19. The van der Waals surface area contributed by atoms with Crippen LogP contribution >= 0.6 is 0 Å². The lowest BCUT2D eigenvalue weighted by Crippen LogP contribution is -2.43. The molecule has 0 amide bonds. The minimum Gasteiger partial charge on any atom is -0.425 e. The maximum Gasteiger partial charge on any atom is 0.352 e. The van der Waals surface area contributed by atoms with Gasteiger partial charge in [0.05, 0.1) is 0 Å². The standard InChI is InChI=1S/C15H12N2O4/c18-14-15(19)17(21-10-11-6-2-1-3-7-11)13-9-5-4-8-12(13)16(14)20/h1-9,20H,10H2. The molecule has 0 unspecified atom stereocenters. The second kappa shape index (κ2) is 5.16. The summed E-state index contributed by atoms with van der Waals surface area (Å²) >= 11 is 0. The van der Waals surface area contributed by atoms with Crippen molar-refractivity contribution in [3.05, 3.63) is 80.9 Å². The highest BCUT2D eigenvalue weighted by Gasteiger charge is 2.13. The van der Waals surface area contributed by atoms with Crippen molar-refractivity contribution < 1.29 is 10.0 Å². The van der Waals surface area contributed by atoms with Gasteiger partial charge in [0.15, 0.2) is 0 Å². The zero-order chi connectivity index (χ0) is 14.8. The normalized spacial score (nSPS) is 10.7. The summed E-state index contributed by atoms with van der Waals surface area (Å²) in [7, 11) is 0. The molecule has 3 rings (SSSR count). The highest BCUT2D eigenvalue weighted by molar-refractivity contribution is 5.74. The number of aromatic nitrogens is 2. The molecule has 6 nitrogen and oxygen atoms in total. The smallest absolute Gasteiger partial charge is 0.352 e. The van der Waals surface area contributed by atoms with E-state index in [0.717, 1.165) is 10.3 Å². The molecular weight excluding hydrogens is 272 g/mol. The average molecular weight is 284 g/mol. The van der Waals surface area contributed by atoms with E-state index in [4.69, 9.17) is 4.84 Å². The van der Waals surface area contributed by atoms with E-state index in [1.54, 1.807) is 18.2 Å². The van der Waals surface area contributed by atoms with Crippen LogP contribution in [0.5, 0.6) is 0 Å². The average Bonchev–Trinajstić information content (AvgIpc) is 2.54. The number of hydrogen-bond donors (Lipinski definition) is 1. The Bertz CT molecular complexity index is 897. The van der Waals surface area contributed by atoms with Crippen LogP contribution < -0.4 is 16.0 Å². The Morgan fingerprint density at radius 1 is 0.857 bits per heavy atom. The van der Waals surface area contributed by atoms with E-state index in [2.05, 4.69) is 0 Å². The number of benzene rings is 2. The van der Waals surface area contributed by atoms with E-state index in [1.807, 2.05) is 30.3 Å². The van der Waals surface area contributed by atoms with Crippen molar-refractivity contribution in [3.8, 4) is 0 Å². The first kappa shape index (κ1) is 13.0. The second-order valence-electron chi connectivity index (χ2n) is 4.46. The molecule has 21 heavy (non-hydrogen) atoms. The Balaban J connectivity index is 2.10. The fourth-order valence-electron chi connectivity index (χ4n) is 2.05. The summed E-state index contributed by atoms with van der Waals surface area (Å²) < 4.78 is 1.25. The van der Waals surface area contributed by atoms with Gasteiger partial charge in [-0.15, -0.1) is 9.46 Å². The molecule has 0 spiro atoms. The Morgan fingerprint density at radius 3 is 2.19 bits per heavy atom. The van der Waals surface area contributed by atoms with Crippen LogP contribution in [0.1, 0.15) is 5.56 Å². The van der Waals surface area contributed by atoms with Gasteiger partial charge in [-0.05, 0) is 17.7 Å². The summed E-state index contributed by atoms with van der Waals surface area (Å²) in [4.78, 5) is 29.1. The molecule has 3 aromatic rings. The number of hydrogen-bond acceptors (Lipinski definition) is 4. The van der Waals surface area contributed by atoms with Crippen LogP contribution in [-0.4, -0.2) is 14.7 Å². The van der Waals surface area contributed by atoms with Crippen LogP contribution in [0.3, 0.4) is 0 Å². The molecule has 0 aliphatic rings. The third-order valence-corrected chi connectivity index (χ3v) is 3.09. The molecule has 1 aromatic heterocycles. The summed E-state index contributed by atoms with van der Waals surface area (Å²) in [5, 5.41) is 9.68. The molecule has 6 heteroatoms. The molecule has 0 atom stereocenters. The molecule has 106 valence electrons. The zero-order valence-corrected chi connectivity index (χ0v) is 11.0. The van der Waals surface area contributed by atoms with Gasteiger partial charge in [-0.25, -0.2) is 0 Å². The highest BCUT2D eigenvalue weighted by Crippen LogP contribution is 2.08. The fourth-order valence-corrected chi connectivity index (χ4v) is 2.05. The van der Waals surface area contributed by atoms with Crippen LogP contribution in [0.4, 0.5) is 0 Å². The minimum atomic E-state index is -1.05.